The van der Waals surface area contributed by atoms with Crippen molar-refractivity contribution in [2.45, 2.75) is 19.3 Å². The SMILES string of the molecule is COc1ccc2[nH]cc(CC(Cc3ccccc3)Cc3ccccc3)c2c1.N. The lowest BCUT2D eigenvalue weighted by Gasteiger charge is -2.17. The van der Waals surface area contributed by atoms with Crippen LogP contribution in [0.25, 0.3) is 10.9 Å². The fourth-order valence-electron chi connectivity index (χ4n) is 3.88. The van der Waals surface area contributed by atoms with Crippen LogP contribution in [-0.2, 0) is 19.3 Å². The first-order chi connectivity index (χ1) is 13.3. The normalized spacial score (nSPS) is 10.8. The molecular formula is C25H28N2O. The summed E-state index contributed by atoms with van der Waals surface area (Å²) in [5.41, 5.74) is 5.33. The van der Waals surface area contributed by atoms with Gasteiger partial charge in [0.15, 0.2) is 0 Å². The van der Waals surface area contributed by atoms with Gasteiger partial charge >= 0.3 is 0 Å². The van der Waals surface area contributed by atoms with E-state index in [4.69, 9.17) is 4.74 Å². The Morgan fingerprint density at radius 3 is 1.96 bits per heavy atom. The monoisotopic (exact) mass is 372 g/mol. The number of benzene rings is 3. The Labute approximate surface area is 167 Å². The number of aromatic nitrogens is 1. The zero-order valence-electron chi connectivity index (χ0n) is 16.4. The quantitative estimate of drug-likeness (QED) is 0.419. The highest BCUT2D eigenvalue weighted by molar-refractivity contribution is 5.84. The predicted molar refractivity (Wildman–Crippen MR) is 117 cm³/mol. The molecule has 0 amide bonds. The highest BCUT2D eigenvalue weighted by Crippen LogP contribution is 2.27. The third kappa shape index (κ3) is 4.62. The molecule has 0 atom stereocenters. The second-order valence-corrected chi connectivity index (χ2v) is 7.18. The van der Waals surface area contributed by atoms with Crippen molar-refractivity contribution in [3.05, 3.63) is 102 Å². The number of rotatable bonds is 7. The zero-order valence-corrected chi connectivity index (χ0v) is 16.4. The molecule has 0 unspecified atom stereocenters. The number of ether oxygens (including phenoxy) is 1. The molecule has 3 nitrogen and oxygen atoms in total. The Hall–Kier alpha value is -3.04. The lowest BCUT2D eigenvalue weighted by molar-refractivity contribution is 0.415. The van der Waals surface area contributed by atoms with Crippen molar-refractivity contribution in [1.82, 2.24) is 11.1 Å². The summed E-state index contributed by atoms with van der Waals surface area (Å²) in [5.74, 6) is 1.45. The van der Waals surface area contributed by atoms with E-state index in [2.05, 4.69) is 84.0 Å². The third-order valence-electron chi connectivity index (χ3n) is 5.22. The minimum atomic E-state index is 0. The van der Waals surface area contributed by atoms with Gasteiger partial charge in [-0.15, -0.1) is 0 Å². The van der Waals surface area contributed by atoms with Crippen LogP contribution in [0.5, 0.6) is 5.75 Å². The third-order valence-corrected chi connectivity index (χ3v) is 5.22. The number of hydrogen-bond donors (Lipinski definition) is 2. The van der Waals surface area contributed by atoms with Gasteiger partial charge in [-0.25, -0.2) is 0 Å². The maximum absolute atomic E-state index is 5.43. The fraction of sp³-hybridized carbons (Fsp3) is 0.200. The van der Waals surface area contributed by atoms with E-state index >= 15 is 0 Å². The van der Waals surface area contributed by atoms with E-state index in [0.717, 1.165) is 25.0 Å². The molecule has 4 rings (SSSR count). The molecule has 4 N–H and O–H groups in total. The summed E-state index contributed by atoms with van der Waals surface area (Å²) >= 11 is 0. The first kappa shape index (κ1) is 19.7. The van der Waals surface area contributed by atoms with Gasteiger partial charge in [0.2, 0.25) is 0 Å². The van der Waals surface area contributed by atoms with Crippen LogP contribution in [0.4, 0.5) is 0 Å². The van der Waals surface area contributed by atoms with Gasteiger partial charge in [0, 0.05) is 17.1 Å². The highest BCUT2D eigenvalue weighted by atomic mass is 16.5. The van der Waals surface area contributed by atoms with Crippen molar-refractivity contribution in [3.63, 3.8) is 0 Å². The van der Waals surface area contributed by atoms with Gasteiger partial charge in [0.1, 0.15) is 5.75 Å². The average Bonchev–Trinajstić information content (AvgIpc) is 3.11. The van der Waals surface area contributed by atoms with Crippen LogP contribution in [0.1, 0.15) is 16.7 Å². The van der Waals surface area contributed by atoms with Crippen LogP contribution in [-0.4, -0.2) is 12.1 Å². The molecule has 0 bridgehead atoms. The molecule has 144 valence electrons. The fourth-order valence-corrected chi connectivity index (χ4v) is 3.88. The van der Waals surface area contributed by atoms with E-state index < -0.39 is 0 Å². The second-order valence-electron chi connectivity index (χ2n) is 7.18. The smallest absolute Gasteiger partial charge is 0.119 e. The largest absolute Gasteiger partial charge is 0.497 e. The van der Waals surface area contributed by atoms with E-state index in [1.165, 1.54) is 27.6 Å². The number of aromatic amines is 1. The molecule has 0 saturated carbocycles. The van der Waals surface area contributed by atoms with Gasteiger partial charge in [-0.3, -0.25) is 0 Å². The zero-order chi connectivity index (χ0) is 18.5. The lowest BCUT2D eigenvalue weighted by atomic mass is 9.87. The molecule has 1 heterocycles. The number of fused-ring (bicyclic) bond motifs is 1. The number of H-pyrrole nitrogens is 1. The van der Waals surface area contributed by atoms with Crippen molar-refractivity contribution in [1.29, 1.82) is 0 Å². The van der Waals surface area contributed by atoms with E-state index in [1.54, 1.807) is 7.11 Å². The summed E-state index contributed by atoms with van der Waals surface area (Å²) in [6.07, 6.45) is 5.35. The molecular weight excluding hydrogens is 344 g/mol. The average molecular weight is 373 g/mol. The molecule has 3 heteroatoms. The van der Waals surface area contributed by atoms with Crippen molar-refractivity contribution in [3.8, 4) is 5.75 Å². The number of methoxy groups -OCH3 is 1. The highest BCUT2D eigenvalue weighted by Gasteiger charge is 2.15. The molecule has 3 aromatic carbocycles. The molecule has 0 aliphatic rings. The van der Waals surface area contributed by atoms with Crippen LogP contribution in [0.15, 0.2) is 85.1 Å². The minimum Gasteiger partial charge on any atom is -0.497 e. The Bertz CT molecular complexity index is 951. The van der Waals surface area contributed by atoms with Crippen molar-refractivity contribution in [2.75, 3.05) is 7.11 Å². The van der Waals surface area contributed by atoms with E-state index in [0.29, 0.717) is 5.92 Å². The van der Waals surface area contributed by atoms with Gasteiger partial charge in [-0.05, 0) is 60.1 Å². The standard InChI is InChI=1S/C25H25NO.H3N/c1-27-23-12-13-25-24(17-23)22(18-26-25)16-21(14-19-8-4-2-5-9-19)15-20-10-6-3-7-11-20;/h2-13,17-18,21,26H,14-16H2,1H3;1H3. The molecule has 28 heavy (non-hydrogen) atoms. The maximum Gasteiger partial charge on any atom is 0.119 e. The van der Waals surface area contributed by atoms with Gasteiger partial charge in [-0.2, -0.15) is 0 Å². The predicted octanol–water partition coefficient (Wildman–Crippen LogP) is 5.98. The maximum atomic E-state index is 5.43. The van der Waals surface area contributed by atoms with Crippen LogP contribution < -0.4 is 10.9 Å². The van der Waals surface area contributed by atoms with Crippen molar-refractivity contribution >= 4 is 10.9 Å². The van der Waals surface area contributed by atoms with Crippen LogP contribution in [0.3, 0.4) is 0 Å². The summed E-state index contributed by atoms with van der Waals surface area (Å²) in [5, 5.41) is 1.26. The Morgan fingerprint density at radius 1 is 0.786 bits per heavy atom. The summed E-state index contributed by atoms with van der Waals surface area (Å²) < 4.78 is 5.43. The molecule has 4 aromatic rings. The van der Waals surface area contributed by atoms with Crippen LogP contribution in [0, 0.1) is 5.92 Å². The Balaban J connectivity index is 0.00000225. The lowest BCUT2D eigenvalue weighted by Crippen LogP contribution is -2.11. The Morgan fingerprint density at radius 2 is 1.39 bits per heavy atom. The molecule has 1 aromatic heterocycles. The number of hydrogen-bond acceptors (Lipinski definition) is 2. The molecule has 0 spiro atoms. The first-order valence-corrected chi connectivity index (χ1v) is 9.53. The summed E-state index contributed by atoms with van der Waals surface area (Å²) in [6.45, 7) is 0. The summed E-state index contributed by atoms with van der Waals surface area (Å²) in [6, 6.07) is 27.9. The van der Waals surface area contributed by atoms with Gasteiger partial charge in [0.25, 0.3) is 0 Å². The molecule has 0 aliphatic carbocycles. The van der Waals surface area contributed by atoms with Gasteiger partial charge in [-0.1, -0.05) is 60.7 Å². The second kappa shape index (κ2) is 9.25. The van der Waals surface area contributed by atoms with E-state index in [-0.39, 0.29) is 6.15 Å². The summed E-state index contributed by atoms with van der Waals surface area (Å²) in [7, 11) is 1.72. The van der Waals surface area contributed by atoms with Crippen molar-refractivity contribution in [2.24, 2.45) is 5.92 Å². The van der Waals surface area contributed by atoms with Gasteiger partial charge in [0.05, 0.1) is 7.11 Å². The van der Waals surface area contributed by atoms with E-state index in [9.17, 15) is 0 Å². The van der Waals surface area contributed by atoms with Crippen molar-refractivity contribution < 1.29 is 4.74 Å². The Kier molecular flexibility index (Phi) is 6.51. The van der Waals surface area contributed by atoms with E-state index in [1.807, 2.05) is 6.07 Å². The van der Waals surface area contributed by atoms with Crippen LogP contribution in [0.2, 0.25) is 0 Å². The molecule has 0 aliphatic heterocycles. The topological polar surface area (TPSA) is 60.0 Å². The van der Waals surface area contributed by atoms with Gasteiger partial charge < -0.3 is 15.9 Å². The molecule has 0 fully saturated rings. The number of nitrogens with one attached hydrogen (secondary N) is 1. The first-order valence-electron chi connectivity index (χ1n) is 9.53. The van der Waals surface area contributed by atoms with Crippen LogP contribution >= 0.6 is 0 Å². The molecule has 0 radical (unpaired) electrons. The minimum absolute atomic E-state index is 0. The summed E-state index contributed by atoms with van der Waals surface area (Å²) in [4.78, 5) is 3.42. The molecule has 0 saturated heterocycles.